The lowest BCUT2D eigenvalue weighted by Crippen LogP contribution is -2.19. The molecule has 0 atom stereocenters. The van der Waals surface area contributed by atoms with Crippen molar-refractivity contribution in [2.45, 2.75) is 0 Å². The molecule has 0 saturated heterocycles. The summed E-state index contributed by atoms with van der Waals surface area (Å²) >= 11 is 0. The molecule has 0 bridgehead atoms. The lowest BCUT2D eigenvalue weighted by molar-refractivity contribution is 0.669. The molecule has 7 heteroatoms. The zero-order chi connectivity index (χ0) is 40.4. The van der Waals surface area contributed by atoms with Crippen molar-refractivity contribution in [3.05, 3.63) is 211 Å². The van der Waals surface area contributed by atoms with Gasteiger partial charge in [0.1, 0.15) is 11.2 Å². The maximum absolute atomic E-state index is 15.0. The zero-order valence-electron chi connectivity index (χ0n) is 32.6. The number of hydrogen-bond donors (Lipinski definition) is 0. The lowest BCUT2D eigenvalue weighted by atomic mass is 10.00. The van der Waals surface area contributed by atoms with Crippen molar-refractivity contribution in [3.8, 4) is 56.7 Å². The minimum Gasteiger partial charge on any atom is -0.456 e. The monoisotopic (exact) mass is 783 g/mol. The van der Waals surface area contributed by atoms with E-state index in [0.29, 0.717) is 22.9 Å². The number of nitrogens with zero attached hydrogens (tertiary/aromatic N) is 5. The molecule has 0 radical (unpaired) electrons. The Kier molecular flexibility index (Phi) is 7.86. The molecular formula is C54H33N5O2. The molecule has 0 unspecified atom stereocenters. The topological polar surface area (TPSA) is 78.7 Å². The van der Waals surface area contributed by atoms with Gasteiger partial charge in [-0.05, 0) is 83.9 Å². The van der Waals surface area contributed by atoms with E-state index in [4.69, 9.17) is 19.4 Å². The Morgan fingerprint density at radius 2 is 0.803 bits per heavy atom. The van der Waals surface area contributed by atoms with Crippen LogP contribution in [-0.4, -0.2) is 24.1 Å². The minimum atomic E-state index is -0.0651. The van der Waals surface area contributed by atoms with Crippen molar-refractivity contribution in [2.24, 2.45) is 0 Å². The Morgan fingerprint density at radius 1 is 0.361 bits per heavy atom. The summed E-state index contributed by atoms with van der Waals surface area (Å²) in [6, 6.07) is 67.2. The summed E-state index contributed by atoms with van der Waals surface area (Å²) in [4.78, 5) is 29.9. The third kappa shape index (κ3) is 5.67. The van der Waals surface area contributed by atoms with E-state index in [2.05, 4.69) is 59.2 Å². The van der Waals surface area contributed by atoms with Crippen LogP contribution >= 0.6 is 0 Å². The predicted molar refractivity (Wildman–Crippen MR) is 246 cm³/mol. The summed E-state index contributed by atoms with van der Waals surface area (Å²) in [5.74, 6) is 1.79. The van der Waals surface area contributed by atoms with Gasteiger partial charge in [0.2, 0.25) is 0 Å². The highest BCUT2D eigenvalue weighted by molar-refractivity contribution is 6.18. The molecule has 4 aromatic heterocycles. The van der Waals surface area contributed by atoms with E-state index in [1.807, 2.05) is 150 Å². The highest BCUT2D eigenvalue weighted by Gasteiger charge is 2.22. The molecule has 8 aromatic carbocycles. The van der Waals surface area contributed by atoms with Crippen LogP contribution in [0, 0.1) is 0 Å². The fraction of sp³-hybridized carbons (Fsp3) is 0. The predicted octanol–water partition coefficient (Wildman–Crippen LogP) is 12.8. The number of fused-ring (bicyclic) bond motifs is 8. The molecule has 0 aliphatic carbocycles. The molecule has 286 valence electrons. The van der Waals surface area contributed by atoms with Crippen LogP contribution in [0.4, 0.5) is 0 Å². The van der Waals surface area contributed by atoms with Gasteiger partial charge in [0.05, 0.1) is 21.9 Å². The standard InChI is InChI=1S/C54H33N5O2/c60-54-49-44-32-36(25-28-46(44)58(39-19-9-3-10-20-39)50(49)41-23-13-14-24-45(41)59(54)40-21-11-4-12-22-40)37-26-29-47-42(31-37)43-33-38(27-30-48(43)61-47)53-56-51(34-15-5-1-6-16-34)55-52(57-53)35-17-7-2-8-18-35/h1-33H. The van der Waals surface area contributed by atoms with Crippen LogP contribution < -0.4 is 5.56 Å². The minimum absolute atomic E-state index is 0.0651. The van der Waals surface area contributed by atoms with Gasteiger partial charge in [0.25, 0.3) is 5.56 Å². The zero-order valence-corrected chi connectivity index (χ0v) is 32.6. The second-order valence-electron chi connectivity index (χ2n) is 15.2. The summed E-state index contributed by atoms with van der Waals surface area (Å²) in [6.07, 6.45) is 0. The summed E-state index contributed by atoms with van der Waals surface area (Å²) in [5.41, 5.74) is 10.7. The van der Waals surface area contributed by atoms with Gasteiger partial charge in [-0.2, -0.15) is 0 Å². The molecule has 0 N–H and O–H groups in total. The van der Waals surface area contributed by atoms with Gasteiger partial charge < -0.3 is 8.98 Å². The van der Waals surface area contributed by atoms with Crippen molar-refractivity contribution < 1.29 is 4.42 Å². The van der Waals surface area contributed by atoms with E-state index in [9.17, 15) is 0 Å². The van der Waals surface area contributed by atoms with Crippen LogP contribution in [0.5, 0.6) is 0 Å². The molecule has 7 nitrogen and oxygen atoms in total. The second kappa shape index (κ2) is 13.9. The van der Waals surface area contributed by atoms with Crippen LogP contribution in [0.2, 0.25) is 0 Å². The van der Waals surface area contributed by atoms with Gasteiger partial charge in [-0.25, -0.2) is 15.0 Å². The number of para-hydroxylation sites is 3. The van der Waals surface area contributed by atoms with E-state index in [1.165, 1.54) is 0 Å². The SMILES string of the molecule is O=c1c2c3cc(-c4ccc5oc6ccc(-c7nc(-c8ccccc8)nc(-c8ccccc8)n7)cc6c5c4)ccc3n(-c3ccccc3)c2c2ccccc2n1-c1ccccc1. The van der Waals surface area contributed by atoms with Crippen LogP contribution in [0.3, 0.4) is 0 Å². The van der Waals surface area contributed by atoms with Gasteiger partial charge in [-0.1, -0.05) is 127 Å². The average molecular weight is 784 g/mol. The van der Waals surface area contributed by atoms with Crippen LogP contribution in [0.15, 0.2) is 209 Å². The first-order valence-electron chi connectivity index (χ1n) is 20.2. The molecule has 0 aliphatic heterocycles. The summed E-state index contributed by atoms with van der Waals surface area (Å²) in [6.45, 7) is 0. The number of benzene rings is 8. The number of pyridine rings is 1. The molecule has 0 spiro atoms. The Balaban J connectivity index is 1.05. The van der Waals surface area contributed by atoms with E-state index in [0.717, 1.165) is 88.5 Å². The molecule has 12 rings (SSSR count). The largest absolute Gasteiger partial charge is 0.456 e. The van der Waals surface area contributed by atoms with Crippen molar-refractivity contribution in [1.29, 1.82) is 0 Å². The van der Waals surface area contributed by atoms with Gasteiger partial charge >= 0.3 is 0 Å². The highest BCUT2D eigenvalue weighted by Crippen LogP contribution is 2.39. The van der Waals surface area contributed by atoms with Crippen LogP contribution in [-0.2, 0) is 0 Å². The van der Waals surface area contributed by atoms with Crippen LogP contribution in [0.25, 0.3) is 111 Å². The average Bonchev–Trinajstić information content (AvgIpc) is 3.88. The Hall–Kier alpha value is -8.42. The maximum atomic E-state index is 15.0. The van der Waals surface area contributed by atoms with E-state index >= 15 is 4.79 Å². The number of furan rings is 1. The quantitative estimate of drug-likeness (QED) is 0.168. The van der Waals surface area contributed by atoms with Gasteiger partial charge in [-0.15, -0.1) is 0 Å². The Morgan fingerprint density at radius 3 is 1.41 bits per heavy atom. The van der Waals surface area contributed by atoms with Crippen molar-refractivity contribution >= 4 is 54.6 Å². The summed E-state index contributed by atoms with van der Waals surface area (Å²) in [5, 5.41) is 4.48. The molecule has 0 saturated carbocycles. The molecule has 0 amide bonds. The van der Waals surface area contributed by atoms with Crippen molar-refractivity contribution in [2.75, 3.05) is 0 Å². The first-order chi connectivity index (χ1) is 30.2. The smallest absolute Gasteiger partial charge is 0.265 e. The first kappa shape index (κ1) is 34.6. The lowest BCUT2D eigenvalue weighted by Gasteiger charge is -2.14. The van der Waals surface area contributed by atoms with Crippen LogP contribution in [0.1, 0.15) is 0 Å². The third-order valence-electron chi connectivity index (χ3n) is 11.6. The third-order valence-corrected chi connectivity index (χ3v) is 11.6. The number of hydrogen-bond acceptors (Lipinski definition) is 5. The van der Waals surface area contributed by atoms with Gasteiger partial charge in [0.15, 0.2) is 17.5 Å². The fourth-order valence-electron chi connectivity index (χ4n) is 8.74. The Labute approximate surface area is 349 Å². The van der Waals surface area contributed by atoms with Gasteiger partial charge in [0, 0.05) is 49.6 Å². The molecule has 0 fully saturated rings. The van der Waals surface area contributed by atoms with E-state index in [1.54, 1.807) is 0 Å². The molecule has 4 heterocycles. The van der Waals surface area contributed by atoms with Crippen molar-refractivity contribution in [1.82, 2.24) is 24.1 Å². The number of rotatable bonds is 6. The van der Waals surface area contributed by atoms with Crippen molar-refractivity contribution in [3.63, 3.8) is 0 Å². The summed E-state index contributed by atoms with van der Waals surface area (Å²) in [7, 11) is 0. The fourth-order valence-corrected chi connectivity index (χ4v) is 8.74. The molecule has 0 aliphatic rings. The van der Waals surface area contributed by atoms with E-state index < -0.39 is 0 Å². The number of aromatic nitrogens is 5. The van der Waals surface area contributed by atoms with E-state index in [-0.39, 0.29) is 5.56 Å². The maximum Gasteiger partial charge on any atom is 0.265 e. The first-order valence-corrected chi connectivity index (χ1v) is 20.2. The van der Waals surface area contributed by atoms with Gasteiger partial charge in [-0.3, -0.25) is 9.36 Å². The summed E-state index contributed by atoms with van der Waals surface area (Å²) < 4.78 is 10.5. The Bertz CT molecular complexity index is 3650. The normalized spacial score (nSPS) is 11.7. The highest BCUT2D eigenvalue weighted by atomic mass is 16.3. The second-order valence-corrected chi connectivity index (χ2v) is 15.2. The molecule has 61 heavy (non-hydrogen) atoms. The molecular weight excluding hydrogens is 751 g/mol. The molecule has 12 aromatic rings.